The molecule has 2 rings (SSSR count). The third kappa shape index (κ3) is 3.29. The third-order valence-electron chi connectivity index (χ3n) is 3.04. The third-order valence-corrected chi connectivity index (χ3v) is 3.04. The zero-order valence-electron chi connectivity index (χ0n) is 11.5. The van der Waals surface area contributed by atoms with Gasteiger partial charge in [0.2, 0.25) is 0 Å². The minimum Gasteiger partial charge on any atom is -0.289 e. The first kappa shape index (κ1) is 14.4. The molecule has 0 bridgehead atoms. The van der Waals surface area contributed by atoms with Crippen molar-refractivity contribution in [3.05, 3.63) is 70.8 Å². The number of halogens is 2. The van der Waals surface area contributed by atoms with Gasteiger partial charge in [-0.15, -0.1) is 0 Å². The highest BCUT2D eigenvalue weighted by molar-refractivity contribution is 6.08. The van der Waals surface area contributed by atoms with Gasteiger partial charge in [0.1, 0.15) is 0 Å². The van der Waals surface area contributed by atoms with Gasteiger partial charge in [-0.3, -0.25) is 4.79 Å². The molecule has 2 aromatic rings. The van der Waals surface area contributed by atoms with Crippen LogP contribution in [-0.2, 0) is 6.42 Å². The lowest BCUT2D eigenvalue weighted by atomic mass is 9.98. The first-order valence-electron chi connectivity index (χ1n) is 6.56. The Morgan fingerprint density at radius 3 is 2.10 bits per heavy atom. The Labute approximate surface area is 117 Å². The summed E-state index contributed by atoms with van der Waals surface area (Å²) in [6, 6.07) is 10.4. The van der Waals surface area contributed by atoms with Crippen LogP contribution in [-0.4, -0.2) is 5.78 Å². The fourth-order valence-corrected chi connectivity index (χ4v) is 2.07. The van der Waals surface area contributed by atoms with Crippen molar-refractivity contribution < 1.29 is 13.6 Å². The van der Waals surface area contributed by atoms with Gasteiger partial charge in [0, 0.05) is 11.1 Å². The maximum Gasteiger partial charge on any atom is 0.193 e. The van der Waals surface area contributed by atoms with Crippen molar-refractivity contribution in [3.63, 3.8) is 0 Å². The second-order valence-corrected chi connectivity index (χ2v) is 5.25. The molecular formula is C17H16F2O. The lowest BCUT2D eigenvalue weighted by Crippen LogP contribution is -2.03. The number of hydrogen-bond donors (Lipinski definition) is 0. The standard InChI is InChI=1S/C17H16F2O/c1-11(2)9-12-3-5-13(6-4-12)17(20)14-7-8-15(18)16(19)10-14/h3-8,10-11H,9H2,1-2H3. The van der Waals surface area contributed by atoms with Crippen LogP contribution in [0.1, 0.15) is 35.3 Å². The van der Waals surface area contributed by atoms with Crippen LogP contribution < -0.4 is 0 Å². The molecule has 0 amide bonds. The van der Waals surface area contributed by atoms with Gasteiger partial charge in [0.15, 0.2) is 17.4 Å². The summed E-state index contributed by atoms with van der Waals surface area (Å²) in [5.74, 6) is -1.72. The van der Waals surface area contributed by atoms with Gasteiger partial charge < -0.3 is 0 Å². The largest absolute Gasteiger partial charge is 0.289 e. The molecule has 20 heavy (non-hydrogen) atoms. The molecule has 0 aliphatic carbocycles. The van der Waals surface area contributed by atoms with Crippen molar-refractivity contribution in [3.8, 4) is 0 Å². The number of hydrogen-bond acceptors (Lipinski definition) is 1. The molecule has 0 spiro atoms. The summed E-state index contributed by atoms with van der Waals surface area (Å²) in [5, 5.41) is 0. The van der Waals surface area contributed by atoms with E-state index < -0.39 is 11.6 Å². The highest BCUT2D eigenvalue weighted by atomic mass is 19.2. The van der Waals surface area contributed by atoms with Crippen LogP contribution in [0.4, 0.5) is 8.78 Å². The smallest absolute Gasteiger partial charge is 0.193 e. The normalized spacial score (nSPS) is 10.8. The highest BCUT2D eigenvalue weighted by Gasteiger charge is 2.12. The van der Waals surface area contributed by atoms with E-state index in [4.69, 9.17) is 0 Å². The molecule has 104 valence electrons. The predicted molar refractivity (Wildman–Crippen MR) is 74.8 cm³/mol. The quantitative estimate of drug-likeness (QED) is 0.755. The van der Waals surface area contributed by atoms with Gasteiger partial charge in [-0.05, 0) is 36.1 Å². The topological polar surface area (TPSA) is 17.1 Å². The molecule has 0 aliphatic heterocycles. The Bertz CT molecular complexity index is 615. The maximum absolute atomic E-state index is 13.1. The second-order valence-electron chi connectivity index (χ2n) is 5.25. The molecule has 0 saturated heterocycles. The molecule has 2 aromatic carbocycles. The van der Waals surface area contributed by atoms with Gasteiger partial charge in [-0.25, -0.2) is 8.78 Å². The lowest BCUT2D eigenvalue weighted by Gasteiger charge is -2.06. The fourth-order valence-electron chi connectivity index (χ4n) is 2.07. The molecule has 0 aliphatic rings. The molecule has 0 fully saturated rings. The van der Waals surface area contributed by atoms with Gasteiger partial charge in [-0.2, -0.15) is 0 Å². The second kappa shape index (κ2) is 5.95. The van der Waals surface area contributed by atoms with Gasteiger partial charge in [-0.1, -0.05) is 38.1 Å². The molecule has 0 radical (unpaired) electrons. The molecule has 0 atom stereocenters. The minimum absolute atomic E-state index is 0.153. The minimum atomic E-state index is -1.01. The van der Waals surface area contributed by atoms with Crippen LogP contribution in [0.5, 0.6) is 0 Å². The Morgan fingerprint density at radius 1 is 0.950 bits per heavy atom. The summed E-state index contributed by atoms with van der Waals surface area (Å²) in [5.41, 5.74) is 1.78. The van der Waals surface area contributed by atoms with E-state index in [2.05, 4.69) is 13.8 Å². The van der Waals surface area contributed by atoms with Crippen LogP contribution in [0.3, 0.4) is 0 Å². The molecule has 0 aromatic heterocycles. The summed E-state index contributed by atoms with van der Waals surface area (Å²) in [7, 11) is 0. The van der Waals surface area contributed by atoms with Crippen LogP contribution in [0, 0.1) is 17.6 Å². The van der Waals surface area contributed by atoms with E-state index in [1.54, 1.807) is 12.1 Å². The van der Waals surface area contributed by atoms with Crippen molar-refractivity contribution in [2.24, 2.45) is 5.92 Å². The van der Waals surface area contributed by atoms with Gasteiger partial charge >= 0.3 is 0 Å². The van der Waals surface area contributed by atoms with Crippen molar-refractivity contribution in [1.82, 2.24) is 0 Å². The number of rotatable bonds is 4. The Kier molecular flexibility index (Phi) is 4.28. The van der Waals surface area contributed by atoms with Crippen molar-refractivity contribution in [2.45, 2.75) is 20.3 Å². The van der Waals surface area contributed by atoms with E-state index in [0.717, 1.165) is 24.1 Å². The molecule has 0 saturated carbocycles. The first-order chi connectivity index (χ1) is 9.47. The molecule has 0 heterocycles. The van der Waals surface area contributed by atoms with E-state index >= 15 is 0 Å². The van der Waals surface area contributed by atoms with Crippen LogP contribution >= 0.6 is 0 Å². The average molecular weight is 274 g/mol. The van der Waals surface area contributed by atoms with Crippen molar-refractivity contribution in [1.29, 1.82) is 0 Å². The summed E-state index contributed by atoms with van der Waals surface area (Å²) in [6.07, 6.45) is 0.944. The SMILES string of the molecule is CC(C)Cc1ccc(C(=O)c2ccc(F)c(F)c2)cc1. The predicted octanol–water partition coefficient (Wildman–Crippen LogP) is 4.39. The maximum atomic E-state index is 13.1. The van der Waals surface area contributed by atoms with Gasteiger partial charge in [0.25, 0.3) is 0 Å². The van der Waals surface area contributed by atoms with Crippen molar-refractivity contribution in [2.75, 3.05) is 0 Å². The Morgan fingerprint density at radius 2 is 1.55 bits per heavy atom. The van der Waals surface area contributed by atoms with E-state index in [1.807, 2.05) is 12.1 Å². The van der Waals surface area contributed by atoms with Crippen LogP contribution in [0.2, 0.25) is 0 Å². The number of benzene rings is 2. The molecular weight excluding hydrogens is 258 g/mol. The van der Waals surface area contributed by atoms with E-state index in [1.165, 1.54) is 6.07 Å². The average Bonchev–Trinajstić information content (AvgIpc) is 2.41. The molecule has 3 heteroatoms. The molecule has 0 N–H and O–H groups in total. The Hall–Kier alpha value is -2.03. The monoisotopic (exact) mass is 274 g/mol. The number of carbonyl (C=O) groups excluding carboxylic acids is 1. The Balaban J connectivity index is 2.22. The zero-order valence-corrected chi connectivity index (χ0v) is 11.5. The number of ketones is 1. The van der Waals surface area contributed by atoms with Crippen LogP contribution in [0.25, 0.3) is 0 Å². The van der Waals surface area contributed by atoms with Gasteiger partial charge in [0.05, 0.1) is 0 Å². The first-order valence-corrected chi connectivity index (χ1v) is 6.56. The molecule has 1 nitrogen and oxygen atoms in total. The summed E-state index contributed by atoms with van der Waals surface area (Å²) >= 11 is 0. The van der Waals surface area contributed by atoms with E-state index in [9.17, 15) is 13.6 Å². The lowest BCUT2D eigenvalue weighted by molar-refractivity contribution is 0.103. The summed E-state index contributed by atoms with van der Waals surface area (Å²) in [4.78, 5) is 12.2. The van der Waals surface area contributed by atoms with Crippen molar-refractivity contribution >= 4 is 5.78 Å². The highest BCUT2D eigenvalue weighted by Crippen LogP contribution is 2.15. The molecule has 0 unspecified atom stereocenters. The summed E-state index contributed by atoms with van der Waals surface area (Å²) < 4.78 is 26.0. The fraction of sp³-hybridized carbons (Fsp3) is 0.235. The van der Waals surface area contributed by atoms with E-state index in [0.29, 0.717) is 11.5 Å². The summed E-state index contributed by atoms with van der Waals surface area (Å²) in [6.45, 7) is 4.25. The van der Waals surface area contributed by atoms with Crippen LogP contribution in [0.15, 0.2) is 42.5 Å². The number of carbonyl (C=O) groups is 1. The zero-order chi connectivity index (χ0) is 14.7. The van der Waals surface area contributed by atoms with E-state index in [-0.39, 0.29) is 11.3 Å².